The molecule has 5 nitrogen and oxygen atoms in total. The Morgan fingerprint density at radius 2 is 1.97 bits per heavy atom. The van der Waals surface area contributed by atoms with Crippen molar-refractivity contribution in [2.24, 2.45) is 0 Å². The van der Waals surface area contributed by atoms with E-state index < -0.39 is 5.97 Å². The molecule has 2 aromatic rings. The molecule has 1 unspecified atom stereocenters. The fraction of sp³-hybridized carbons (Fsp3) is 0.217. The van der Waals surface area contributed by atoms with E-state index >= 15 is 0 Å². The number of halogens is 1. The van der Waals surface area contributed by atoms with Gasteiger partial charge in [-0.3, -0.25) is 4.79 Å². The maximum absolute atomic E-state index is 10.9. The Labute approximate surface area is 197 Å². The number of likely N-dealkylation sites (N-methyl/N-ethyl adjacent to an activating group) is 1. The van der Waals surface area contributed by atoms with Crippen molar-refractivity contribution in [1.82, 2.24) is 0 Å². The van der Waals surface area contributed by atoms with E-state index in [1.165, 1.54) is 0 Å². The number of aliphatic carboxylic acids is 1. The van der Waals surface area contributed by atoms with Crippen molar-refractivity contribution in [3.63, 3.8) is 0 Å². The molecule has 1 N–H and O–H groups in total. The third-order valence-electron chi connectivity index (χ3n) is 4.89. The topological polar surface area (TPSA) is 52.8 Å². The number of para-hydroxylation sites is 3. The molecule has 0 aliphatic carbocycles. The van der Waals surface area contributed by atoms with Gasteiger partial charge in [0.1, 0.15) is 5.75 Å². The quantitative estimate of drug-likeness (QED) is 0.452. The van der Waals surface area contributed by atoms with Crippen LogP contribution in [0.4, 0.5) is 11.4 Å². The molecular weight excluding hydrogens is 511 g/mol. The molecule has 0 aromatic heterocycles. The molecule has 7 heteroatoms. The third kappa shape index (κ3) is 5.07. The van der Waals surface area contributed by atoms with E-state index in [0.717, 1.165) is 34.1 Å². The van der Waals surface area contributed by atoms with E-state index in [0.29, 0.717) is 5.75 Å². The highest BCUT2D eigenvalue weighted by molar-refractivity contribution is 8.02. The molecular formula is C23H23IN2O3S. The summed E-state index contributed by atoms with van der Waals surface area (Å²) in [6, 6.07) is 18.1. The molecule has 2 aliphatic rings. The first-order valence-electron chi connectivity index (χ1n) is 9.55. The Morgan fingerprint density at radius 1 is 1.23 bits per heavy atom. The summed E-state index contributed by atoms with van der Waals surface area (Å²) in [5.41, 5.74) is 3.31. The number of nitrogens with zero attached hydrogens (tertiary/aromatic N) is 2. The van der Waals surface area contributed by atoms with Gasteiger partial charge in [0.2, 0.25) is 10.7 Å². The van der Waals surface area contributed by atoms with Crippen LogP contribution in [0.1, 0.15) is 12.8 Å². The molecule has 30 heavy (non-hydrogen) atoms. The largest absolute Gasteiger partial charge is 1.00 e. The molecule has 0 radical (unpaired) electrons. The van der Waals surface area contributed by atoms with Crippen LogP contribution in [0.3, 0.4) is 0 Å². The summed E-state index contributed by atoms with van der Waals surface area (Å²) >= 11 is 1.56. The van der Waals surface area contributed by atoms with Crippen molar-refractivity contribution < 1.29 is 43.2 Å². The fourth-order valence-corrected chi connectivity index (χ4v) is 4.43. The molecule has 1 atom stereocenters. The first-order chi connectivity index (χ1) is 14.1. The highest BCUT2D eigenvalue weighted by Crippen LogP contribution is 2.37. The van der Waals surface area contributed by atoms with E-state index in [1.54, 1.807) is 11.8 Å². The highest BCUT2D eigenvalue weighted by Gasteiger charge is 2.28. The van der Waals surface area contributed by atoms with Gasteiger partial charge in [0.15, 0.2) is 12.4 Å². The SMILES string of the molecule is CN1c2ccccc2OC1C=C1C=C(SCCC(=O)O)[N+](c2ccccc2)=CC1.[I-]. The zero-order valence-corrected chi connectivity index (χ0v) is 19.5. The van der Waals surface area contributed by atoms with Gasteiger partial charge in [-0.05, 0) is 23.8 Å². The Morgan fingerprint density at radius 3 is 2.70 bits per heavy atom. The number of allylic oxidation sites excluding steroid dienone is 2. The lowest BCUT2D eigenvalue weighted by Gasteiger charge is -2.19. The lowest BCUT2D eigenvalue weighted by Crippen LogP contribution is -3.00. The van der Waals surface area contributed by atoms with Gasteiger partial charge in [-0.15, -0.1) is 0 Å². The number of fused-ring (bicyclic) bond motifs is 1. The van der Waals surface area contributed by atoms with Crippen LogP contribution in [0.5, 0.6) is 5.75 Å². The molecule has 4 rings (SSSR count). The second kappa shape index (κ2) is 10.2. The average Bonchev–Trinajstić information content (AvgIpc) is 3.04. The predicted molar refractivity (Wildman–Crippen MR) is 117 cm³/mol. The van der Waals surface area contributed by atoms with Crippen LogP contribution >= 0.6 is 11.8 Å². The van der Waals surface area contributed by atoms with Crippen molar-refractivity contribution >= 4 is 35.3 Å². The van der Waals surface area contributed by atoms with Gasteiger partial charge in [-0.2, -0.15) is 4.58 Å². The maximum Gasteiger partial charge on any atom is 0.304 e. The van der Waals surface area contributed by atoms with Crippen molar-refractivity contribution in [1.29, 1.82) is 0 Å². The molecule has 0 saturated carbocycles. The number of thioether (sulfide) groups is 1. The minimum absolute atomic E-state index is 0. The van der Waals surface area contributed by atoms with Gasteiger partial charge in [0.05, 0.1) is 18.5 Å². The Hall–Kier alpha value is -2.26. The number of carboxylic acids is 1. The van der Waals surface area contributed by atoms with Crippen LogP contribution in [0.15, 0.2) is 77.4 Å². The van der Waals surface area contributed by atoms with E-state index in [4.69, 9.17) is 9.84 Å². The number of carbonyl (C=O) groups is 1. The Balaban J connectivity index is 0.00000256. The second-order valence-electron chi connectivity index (χ2n) is 6.90. The van der Waals surface area contributed by atoms with Crippen LogP contribution in [-0.4, -0.2) is 40.9 Å². The predicted octanol–water partition coefficient (Wildman–Crippen LogP) is 1.64. The summed E-state index contributed by atoms with van der Waals surface area (Å²) in [6.45, 7) is 0. The van der Waals surface area contributed by atoms with Gasteiger partial charge >= 0.3 is 5.97 Å². The summed E-state index contributed by atoms with van der Waals surface area (Å²) in [5, 5.41) is 10.0. The van der Waals surface area contributed by atoms with E-state index in [2.05, 4.69) is 46.0 Å². The molecule has 0 spiro atoms. The first kappa shape index (κ1) is 22.4. The number of ether oxygens (including phenoxy) is 1. The summed E-state index contributed by atoms with van der Waals surface area (Å²) in [4.78, 5) is 13.1. The van der Waals surface area contributed by atoms with Crippen molar-refractivity contribution in [2.45, 2.75) is 19.1 Å². The molecule has 0 bridgehead atoms. The van der Waals surface area contributed by atoms with Gasteiger partial charge < -0.3 is 38.7 Å². The molecule has 0 saturated heterocycles. The molecule has 156 valence electrons. The maximum atomic E-state index is 10.9. The van der Waals surface area contributed by atoms with E-state index in [1.807, 2.05) is 43.4 Å². The normalized spacial score (nSPS) is 18.8. The molecule has 0 fully saturated rings. The number of hydrogen-bond donors (Lipinski definition) is 1. The molecule has 2 heterocycles. The second-order valence-corrected chi connectivity index (χ2v) is 8.01. The van der Waals surface area contributed by atoms with Crippen LogP contribution in [0, 0.1) is 0 Å². The van der Waals surface area contributed by atoms with Gasteiger partial charge in [-0.1, -0.05) is 42.1 Å². The van der Waals surface area contributed by atoms with Crippen LogP contribution in [0.25, 0.3) is 0 Å². The van der Waals surface area contributed by atoms with E-state index in [9.17, 15) is 4.79 Å². The Kier molecular flexibility index (Phi) is 7.60. The third-order valence-corrected chi connectivity index (χ3v) is 5.91. The molecule has 2 aliphatic heterocycles. The first-order valence-corrected chi connectivity index (χ1v) is 10.5. The number of anilines is 1. The number of hydrogen-bond acceptors (Lipinski definition) is 4. The Bertz CT molecular complexity index is 1000. The standard InChI is InChI=1S/C23H22N2O3S.HI/c1-24-19-9-5-6-10-20(19)28-21(24)15-17-11-13-25(18-7-3-2-4-8-18)22(16-17)29-14-12-23(26)27;/h2-10,13,15-16,21H,11-12,14H2,1H3;1H. The molecule has 0 amide bonds. The lowest BCUT2D eigenvalue weighted by atomic mass is 10.1. The smallest absolute Gasteiger partial charge is 0.304 e. The fourth-order valence-electron chi connectivity index (χ4n) is 3.39. The van der Waals surface area contributed by atoms with Crippen LogP contribution < -0.4 is 33.6 Å². The van der Waals surface area contributed by atoms with Gasteiger partial charge in [0.25, 0.3) is 0 Å². The lowest BCUT2D eigenvalue weighted by molar-refractivity contribution is -0.365. The highest BCUT2D eigenvalue weighted by atomic mass is 127. The van der Waals surface area contributed by atoms with Crippen LogP contribution in [-0.2, 0) is 4.79 Å². The minimum atomic E-state index is -0.779. The monoisotopic (exact) mass is 534 g/mol. The number of rotatable bonds is 6. The van der Waals surface area contributed by atoms with Crippen molar-refractivity contribution in [3.05, 3.63) is 77.4 Å². The van der Waals surface area contributed by atoms with Gasteiger partial charge in [-0.25, -0.2) is 0 Å². The number of benzene rings is 2. The van der Waals surface area contributed by atoms with Crippen molar-refractivity contribution in [3.8, 4) is 5.75 Å². The summed E-state index contributed by atoms with van der Waals surface area (Å²) in [6.07, 6.45) is 7.18. The molecule has 2 aromatic carbocycles. The zero-order valence-electron chi connectivity index (χ0n) is 16.6. The summed E-state index contributed by atoms with van der Waals surface area (Å²) < 4.78 is 8.23. The summed E-state index contributed by atoms with van der Waals surface area (Å²) in [5.74, 6) is 0.637. The van der Waals surface area contributed by atoms with Gasteiger partial charge in [0, 0.05) is 31.0 Å². The average molecular weight is 534 g/mol. The zero-order chi connectivity index (χ0) is 20.2. The van der Waals surface area contributed by atoms with E-state index in [-0.39, 0.29) is 36.6 Å². The minimum Gasteiger partial charge on any atom is -1.00 e. The summed E-state index contributed by atoms with van der Waals surface area (Å²) in [7, 11) is 2.03. The van der Waals surface area contributed by atoms with Crippen LogP contribution in [0.2, 0.25) is 0 Å². The number of carboxylic acid groups (broad SMARTS) is 1. The van der Waals surface area contributed by atoms with Crippen molar-refractivity contribution in [2.75, 3.05) is 17.7 Å².